The van der Waals surface area contributed by atoms with Crippen molar-refractivity contribution in [1.82, 2.24) is 4.90 Å². The number of rotatable bonds is 2. The van der Waals surface area contributed by atoms with Crippen LogP contribution in [0.2, 0.25) is 0 Å². The lowest BCUT2D eigenvalue weighted by Crippen LogP contribution is -2.39. The number of hydrogen-bond donors (Lipinski definition) is 0. The molecule has 1 heterocycles. The summed E-state index contributed by atoms with van der Waals surface area (Å²) in [6.45, 7) is 2.43. The Kier molecular flexibility index (Phi) is 4.18. The smallest absolute Gasteiger partial charge is 0.260 e. The van der Waals surface area contributed by atoms with Gasteiger partial charge in [0, 0.05) is 30.0 Å². The number of carbonyl (C=O) groups excluding carboxylic acids is 1. The van der Waals surface area contributed by atoms with Crippen LogP contribution in [0.25, 0.3) is 0 Å². The number of likely N-dealkylation sites (tertiary alicyclic amines) is 1. The number of carbonyl (C=O) groups is 1. The highest BCUT2D eigenvalue weighted by Gasteiger charge is 2.36. The maximum atomic E-state index is 13.6. The summed E-state index contributed by atoms with van der Waals surface area (Å²) in [6.07, 6.45) is 0.784. The minimum absolute atomic E-state index is 0.101. The number of hydrogen-bond acceptors (Lipinski definition) is 1. The summed E-state index contributed by atoms with van der Waals surface area (Å²) in [5, 5.41) is 0.546. The van der Waals surface area contributed by atoms with Crippen LogP contribution in [0.4, 0.5) is 13.2 Å². The molecule has 104 valence electrons. The van der Waals surface area contributed by atoms with E-state index in [1.165, 1.54) is 4.90 Å². The quantitative estimate of drug-likeness (QED) is 0.759. The Bertz CT molecular complexity index is 486. The fourth-order valence-electron chi connectivity index (χ4n) is 2.39. The Morgan fingerprint density at radius 1 is 1.37 bits per heavy atom. The lowest BCUT2D eigenvalue weighted by molar-refractivity contribution is 0.0728. The molecule has 2 unspecified atom stereocenters. The molecule has 0 aliphatic carbocycles. The van der Waals surface area contributed by atoms with Gasteiger partial charge in [-0.15, -0.1) is 0 Å². The largest absolute Gasteiger partial charge is 0.334 e. The molecule has 0 spiro atoms. The molecule has 1 aromatic carbocycles. The van der Waals surface area contributed by atoms with Gasteiger partial charge in [0.2, 0.25) is 0 Å². The maximum Gasteiger partial charge on any atom is 0.260 e. The zero-order valence-corrected chi connectivity index (χ0v) is 11.9. The van der Waals surface area contributed by atoms with Crippen LogP contribution in [0.5, 0.6) is 0 Å². The Labute approximate surface area is 117 Å². The number of benzene rings is 1. The second-order valence-electron chi connectivity index (χ2n) is 4.73. The molecule has 6 heteroatoms. The SMILES string of the molecule is CC1CCN(C(=O)c2c(F)cc(F)cc2F)C1CBr. The standard InChI is InChI=1S/C13H13BrF3NO/c1-7-2-3-18(11(7)6-14)13(19)12-9(16)4-8(15)5-10(12)17/h4-5,7,11H,2-3,6H2,1H3. The van der Waals surface area contributed by atoms with Crippen LogP contribution < -0.4 is 0 Å². The van der Waals surface area contributed by atoms with E-state index >= 15 is 0 Å². The van der Waals surface area contributed by atoms with Crippen molar-refractivity contribution in [2.45, 2.75) is 19.4 Å². The zero-order valence-electron chi connectivity index (χ0n) is 10.3. The highest BCUT2D eigenvalue weighted by Crippen LogP contribution is 2.28. The summed E-state index contributed by atoms with van der Waals surface area (Å²) in [4.78, 5) is 13.7. The van der Waals surface area contributed by atoms with Gasteiger partial charge in [-0.2, -0.15) is 0 Å². The van der Waals surface area contributed by atoms with Gasteiger partial charge in [-0.25, -0.2) is 13.2 Å². The Balaban J connectivity index is 2.35. The molecule has 0 N–H and O–H groups in total. The molecule has 1 amide bonds. The summed E-state index contributed by atoms with van der Waals surface area (Å²) in [7, 11) is 0. The molecule has 1 fully saturated rings. The number of alkyl halides is 1. The highest BCUT2D eigenvalue weighted by atomic mass is 79.9. The zero-order chi connectivity index (χ0) is 14.2. The van der Waals surface area contributed by atoms with E-state index in [4.69, 9.17) is 0 Å². The third kappa shape index (κ3) is 2.63. The number of amides is 1. The van der Waals surface area contributed by atoms with Crippen LogP contribution >= 0.6 is 15.9 Å². The topological polar surface area (TPSA) is 20.3 Å². The van der Waals surface area contributed by atoms with Crippen molar-refractivity contribution in [2.75, 3.05) is 11.9 Å². The minimum atomic E-state index is -1.16. The van der Waals surface area contributed by atoms with Gasteiger partial charge >= 0.3 is 0 Å². The van der Waals surface area contributed by atoms with E-state index < -0.39 is 28.9 Å². The van der Waals surface area contributed by atoms with Crippen LogP contribution in [0.3, 0.4) is 0 Å². The van der Waals surface area contributed by atoms with Crippen molar-refractivity contribution in [2.24, 2.45) is 5.92 Å². The van der Waals surface area contributed by atoms with Gasteiger partial charge in [-0.3, -0.25) is 4.79 Å². The third-order valence-electron chi connectivity index (χ3n) is 3.52. The average molecular weight is 336 g/mol. The summed E-state index contributed by atoms with van der Waals surface area (Å²) in [5.41, 5.74) is -0.679. The normalized spacial score (nSPS) is 22.9. The van der Waals surface area contributed by atoms with Crippen LogP contribution in [0, 0.1) is 23.4 Å². The molecule has 0 aromatic heterocycles. The van der Waals surface area contributed by atoms with E-state index in [2.05, 4.69) is 15.9 Å². The van der Waals surface area contributed by atoms with Crippen molar-refractivity contribution in [3.63, 3.8) is 0 Å². The molecule has 19 heavy (non-hydrogen) atoms. The van der Waals surface area contributed by atoms with E-state index in [0.717, 1.165) is 6.42 Å². The number of nitrogens with zero attached hydrogens (tertiary/aromatic N) is 1. The van der Waals surface area contributed by atoms with Gasteiger partial charge in [0.1, 0.15) is 23.0 Å². The van der Waals surface area contributed by atoms with Crippen molar-refractivity contribution in [1.29, 1.82) is 0 Å². The van der Waals surface area contributed by atoms with Crippen LogP contribution in [0.1, 0.15) is 23.7 Å². The van der Waals surface area contributed by atoms with E-state index in [1.807, 2.05) is 6.92 Å². The first-order valence-electron chi connectivity index (χ1n) is 5.97. The van der Waals surface area contributed by atoms with E-state index in [9.17, 15) is 18.0 Å². The van der Waals surface area contributed by atoms with Crippen molar-refractivity contribution in [3.05, 3.63) is 35.1 Å². The number of halogens is 4. The Morgan fingerprint density at radius 3 is 2.47 bits per heavy atom. The maximum absolute atomic E-state index is 13.6. The van der Waals surface area contributed by atoms with Gasteiger partial charge in [-0.1, -0.05) is 22.9 Å². The van der Waals surface area contributed by atoms with Crippen LogP contribution in [-0.4, -0.2) is 28.7 Å². The van der Waals surface area contributed by atoms with Gasteiger partial charge in [0.15, 0.2) is 0 Å². The second-order valence-corrected chi connectivity index (χ2v) is 5.38. The molecule has 1 aliphatic rings. The third-order valence-corrected chi connectivity index (χ3v) is 4.19. The van der Waals surface area contributed by atoms with Gasteiger partial charge in [0.05, 0.1) is 0 Å². The molecular formula is C13H13BrF3NO. The molecule has 1 aliphatic heterocycles. The minimum Gasteiger partial charge on any atom is -0.334 e. The molecule has 0 bridgehead atoms. The molecule has 0 radical (unpaired) electrons. The Morgan fingerprint density at radius 2 is 1.95 bits per heavy atom. The first kappa shape index (κ1) is 14.4. The highest BCUT2D eigenvalue weighted by molar-refractivity contribution is 9.09. The summed E-state index contributed by atoms with van der Waals surface area (Å²) >= 11 is 3.31. The lowest BCUT2D eigenvalue weighted by atomic mass is 10.0. The summed E-state index contributed by atoms with van der Waals surface area (Å²) in [5.74, 6) is -3.80. The fraction of sp³-hybridized carbons (Fsp3) is 0.462. The van der Waals surface area contributed by atoms with E-state index in [-0.39, 0.29) is 12.0 Å². The summed E-state index contributed by atoms with van der Waals surface area (Å²) in [6, 6.07) is 0.953. The average Bonchev–Trinajstić information content (AvgIpc) is 2.68. The second kappa shape index (κ2) is 5.53. The van der Waals surface area contributed by atoms with Crippen LogP contribution in [0.15, 0.2) is 12.1 Å². The predicted octanol–water partition coefficient (Wildman–Crippen LogP) is 3.35. The molecule has 2 nitrogen and oxygen atoms in total. The molecule has 1 saturated heterocycles. The van der Waals surface area contributed by atoms with Crippen LogP contribution in [-0.2, 0) is 0 Å². The van der Waals surface area contributed by atoms with Crippen molar-refractivity contribution in [3.8, 4) is 0 Å². The molecular weight excluding hydrogens is 323 g/mol. The van der Waals surface area contributed by atoms with Gasteiger partial charge < -0.3 is 4.90 Å². The summed E-state index contributed by atoms with van der Waals surface area (Å²) < 4.78 is 40.0. The fourth-order valence-corrected chi connectivity index (χ4v) is 3.37. The van der Waals surface area contributed by atoms with Gasteiger partial charge in [-0.05, 0) is 12.3 Å². The molecule has 1 aromatic rings. The molecule has 0 saturated carbocycles. The molecule has 2 atom stereocenters. The lowest BCUT2D eigenvalue weighted by Gasteiger charge is -2.25. The predicted molar refractivity (Wildman–Crippen MR) is 68.7 cm³/mol. The first-order chi connectivity index (χ1) is 8.95. The van der Waals surface area contributed by atoms with Crippen molar-refractivity contribution < 1.29 is 18.0 Å². The first-order valence-corrected chi connectivity index (χ1v) is 7.09. The van der Waals surface area contributed by atoms with E-state index in [1.54, 1.807) is 0 Å². The Hall–Kier alpha value is -1.04. The van der Waals surface area contributed by atoms with Crippen molar-refractivity contribution >= 4 is 21.8 Å². The van der Waals surface area contributed by atoms with Gasteiger partial charge in [0.25, 0.3) is 5.91 Å². The molecule has 2 rings (SSSR count). The van der Waals surface area contributed by atoms with E-state index in [0.29, 0.717) is 24.0 Å². The monoisotopic (exact) mass is 335 g/mol.